The fourth-order valence-electron chi connectivity index (χ4n) is 3.78. The minimum Gasteiger partial charge on any atom is -0.459 e. The van der Waals surface area contributed by atoms with Crippen LogP contribution in [0.2, 0.25) is 0 Å². The first-order valence-electron chi connectivity index (χ1n) is 10.6. The summed E-state index contributed by atoms with van der Waals surface area (Å²) >= 11 is 0. The van der Waals surface area contributed by atoms with Gasteiger partial charge in [0.25, 0.3) is 5.91 Å². The molecule has 0 bridgehead atoms. The van der Waals surface area contributed by atoms with Crippen LogP contribution < -0.4 is 10.2 Å². The summed E-state index contributed by atoms with van der Waals surface area (Å²) in [6.07, 6.45) is 3.75. The standard InChI is InChI=1S/C22H29N3O5S/c1-3-24(4-2)31(28,29)18-11-12-19-17(16-18)8-6-14-25(19)21(26)10-5-13-23-22(27)20-9-7-15-30-20/h7,9,11-12,15-16H,3-6,8,10,13-14H2,1-2H3,(H,23,27). The zero-order valence-corrected chi connectivity index (χ0v) is 18.8. The number of hydrogen-bond acceptors (Lipinski definition) is 5. The lowest BCUT2D eigenvalue weighted by Gasteiger charge is -2.30. The van der Waals surface area contributed by atoms with Gasteiger partial charge < -0.3 is 14.6 Å². The molecule has 3 rings (SSSR count). The van der Waals surface area contributed by atoms with Crippen molar-refractivity contribution in [3.05, 3.63) is 47.9 Å². The Morgan fingerprint density at radius 1 is 1.19 bits per heavy atom. The summed E-state index contributed by atoms with van der Waals surface area (Å²) in [5.74, 6) is -0.0954. The fraction of sp³-hybridized carbons (Fsp3) is 0.455. The largest absolute Gasteiger partial charge is 0.459 e. The summed E-state index contributed by atoms with van der Waals surface area (Å²) in [5.41, 5.74) is 1.65. The molecule has 2 amide bonds. The Morgan fingerprint density at radius 3 is 2.65 bits per heavy atom. The second kappa shape index (κ2) is 10.1. The first kappa shape index (κ1) is 23.0. The Labute approximate surface area is 183 Å². The molecule has 2 aromatic rings. The van der Waals surface area contributed by atoms with Gasteiger partial charge in [0.1, 0.15) is 0 Å². The van der Waals surface area contributed by atoms with E-state index in [0.29, 0.717) is 32.6 Å². The molecule has 0 spiro atoms. The number of furan rings is 1. The van der Waals surface area contributed by atoms with Crippen molar-refractivity contribution < 1.29 is 22.4 Å². The minimum atomic E-state index is -3.53. The van der Waals surface area contributed by atoms with Crippen LogP contribution in [0.1, 0.15) is 49.2 Å². The van der Waals surface area contributed by atoms with Crippen molar-refractivity contribution in [3.8, 4) is 0 Å². The SMILES string of the molecule is CCN(CC)S(=O)(=O)c1ccc2c(c1)CCCN2C(=O)CCCNC(=O)c1ccco1. The maximum absolute atomic E-state index is 12.8. The van der Waals surface area contributed by atoms with Crippen molar-refractivity contribution in [2.75, 3.05) is 31.1 Å². The summed E-state index contributed by atoms with van der Waals surface area (Å²) in [6, 6.07) is 8.25. The highest BCUT2D eigenvalue weighted by Crippen LogP contribution is 2.31. The van der Waals surface area contributed by atoms with Gasteiger partial charge in [-0.25, -0.2) is 8.42 Å². The highest BCUT2D eigenvalue weighted by molar-refractivity contribution is 7.89. The Bertz CT molecular complexity index is 1010. The van der Waals surface area contributed by atoms with Gasteiger partial charge in [0.15, 0.2) is 5.76 Å². The van der Waals surface area contributed by atoms with Gasteiger partial charge in [0.05, 0.1) is 11.2 Å². The zero-order valence-electron chi connectivity index (χ0n) is 18.0. The number of nitrogens with zero attached hydrogens (tertiary/aromatic N) is 2. The van der Waals surface area contributed by atoms with Crippen molar-refractivity contribution in [2.24, 2.45) is 0 Å². The number of carbonyl (C=O) groups is 2. The molecule has 9 heteroatoms. The first-order valence-corrected chi connectivity index (χ1v) is 12.1. The Hall–Kier alpha value is -2.65. The number of carbonyl (C=O) groups excluding carboxylic acids is 2. The zero-order chi connectivity index (χ0) is 22.4. The van der Waals surface area contributed by atoms with Gasteiger partial charge in [0.2, 0.25) is 15.9 Å². The molecule has 1 aromatic heterocycles. The molecule has 8 nitrogen and oxygen atoms in total. The van der Waals surface area contributed by atoms with Gasteiger partial charge in [-0.05, 0) is 55.2 Å². The van der Waals surface area contributed by atoms with E-state index in [2.05, 4.69) is 5.32 Å². The predicted molar refractivity (Wildman–Crippen MR) is 117 cm³/mol. The summed E-state index contributed by atoms with van der Waals surface area (Å²) in [5, 5.41) is 2.73. The Kier molecular flexibility index (Phi) is 7.50. The maximum Gasteiger partial charge on any atom is 0.286 e. The van der Waals surface area contributed by atoms with Gasteiger partial charge in [0, 0.05) is 38.3 Å². The van der Waals surface area contributed by atoms with Crippen molar-refractivity contribution >= 4 is 27.5 Å². The molecule has 0 atom stereocenters. The molecule has 0 fully saturated rings. The fourth-order valence-corrected chi connectivity index (χ4v) is 5.29. The van der Waals surface area contributed by atoms with Crippen molar-refractivity contribution in [2.45, 2.75) is 44.4 Å². The number of anilines is 1. The molecule has 2 heterocycles. The molecule has 31 heavy (non-hydrogen) atoms. The van der Waals surface area contributed by atoms with Crippen molar-refractivity contribution in [1.29, 1.82) is 0 Å². The third-order valence-corrected chi connectivity index (χ3v) is 7.46. The van der Waals surface area contributed by atoms with Crippen LogP contribution in [-0.4, -0.2) is 50.7 Å². The smallest absolute Gasteiger partial charge is 0.286 e. The van der Waals surface area contributed by atoms with E-state index in [4.69, 9.17) is 4.42 Å². The van der Waals surface area contributed by atoms with Gasteiger partial charge in [-0.1, -0.05) is 13.8 Å². The molecule has 0 radical (unpaired) electrons. The highest BCUT2D eigenvalue weighted by Gasteiger charge is 2.26. The van der Waals surface area contributed by atoms with Gasteiger partial charge in [-0.2, -0.15) is 4.31 Å². The quantitative estimate of drug-likeness (QED) is 0.596. The first-order chi connectivity index (χ1) is 14.9. The number of fused-ring (bicyclic) bond motifs is 1. The van der Waals surface area contributed by atoms with Crippen LogP contribution >= 0.6 is 0 Å². The van der Waals surface area contributed by atoms with Crippen LogP contribution in [0, 0.1) is 0 Å². The highest BCUT2D eigenvalue weighted by atomic mass is 32.2. The topological polar surface area (TPSA) is 99.9 Å². The second-order valence-electron chi connectivity index (χ2n) is 7.37. The number of rotatable bonds is 9. The third-order valence-electron chi connectivity index (χ3n) is 5.41. The van der Waals surface area contributed by atoms with Crippen LogP contribution in [0.4, 0.5) is 5.69 Å². The van der Waals surface area contributed by atoms with E-state index in [1.165, 1.54) is 10.6 Å². The van der Waals surface area contributed by atoms with Crippen molar-refractivity contribution in [1.82, 2.24) is 9.62 Å². The predicted octanol–water partition coefficient (Wildman–Crippen LogP) is 2.80. The number of benzene rings is 1. The van der Waals surface area contributed by atoms with Gasteiger partial charge in [-0.3, -0.25) is 9.59 Å². The molecule has 0 aliphatic carbocycles. The second-order valence-corrected chi connectivity index (χ2v) is 9.30. The molecule has 168 valence electrons. The van der Waals surface area contributed by atoms with Crippen LogP contribution in [-0.2, 0) is 21.2 Å². The Balaban J connectivity index is 1.63. The molecule has 1 aromatic carbocycles. The maximum atomic E-state index is 12.8. The molecule has 0 saturated carbocycles. The molecule has 1 N–H and O–H groups in total. The van der Waals surface area contributed by atoms with Crippen LogP contribution in [0.3, 0.4) is 0 Å². The molecule has 0 saturated heterocycles. The van der Waals surface area contributed by atoms with E-state index < -0.39 is 10.0 Å². The normalized spacial score (nSPS) is 13.8. The third kappa shape index (κ3) is 5.16. The lowest BCUT2D eigenvalue weighted by molar-refractivity contribution is -0.118. The van der Waals surface area contributed by atoms with Gasteiger partial charge >= 0.3 is 0 Å². The molecule has 1 aliphatic heterocycles. The molecule has 0 unspecified atom stereocenters. The summed E-state index contributed by atoms with van der Waals surface area (Å²) in [6.45, 7) is 5.43. The van der Waals surface area contributed by atoms with E-state index in [9.17, 15) is 18.0 Å². The van der Waals surface area contributed by atoms with Gasteiger partial charge in [-0.15, -0.1) is 0 Å². The number of sulfonamides is 1. The van der Waals surface area contributed by atoms with E-state index in [0.717, 1.165) is 24.1 Å². The number of hydrogen-bond donors (Lipinski definition) is 1. The number of nitrogens with one attached hydrogen (secondary N) is 1. The Morgan fingerprint density at radius 2 is 1.97 bits per heavy atom. The van der Waals surface area contributed by atoms with E-state index >= 15 is 0 Å². The molecule has 1 aliphatic rings. The van der Waals surface area contributed by atoms with Crippen LogP contribution in [0.25, 0.3) is 0 Å². The monoisotopic (exact) mass is 447 g/mol. The average Bonchev–Trinajstić information content (AvgIpc) is 3.31. The molecular formula is C22H29N3O5S. The van der Waals surface area contributed by atoms with E-state index in [-0.39, 0.29) is 28.9 Å². The van der Waals surface area contributed by atoms with Crippen LogP contribution in [0.15, 0.2) is 45.9 Å². The lowest BCUT2D eigenvalue weighted by atomic mass is 10.0. The van der Waals surface area contributed by atoms with E-state index in [1.54, 1.807) is 35.2 Å². The van der Waals surface area contributed by atoms with Crippen LogP contribution in [0.5, 0.6) is 0 Å². The summed E-state index contributed by atoms with van der Waals surface area (Å²) in [4.78, 5) is 26.6. The lowest BCUT2D eigenvalue weighted by Crippen LogP contribution is -2.36. The number of aryl methyl sites for hydroxylation is 1. The average molecular weight is 448 g/mol. The van der Waals surface area contributed by atoms with Crippen molar-refractivity contribution in [3.63, 3.8) is 0 Å². The van der Waals surface area contributed by atoms with E-state index in [1.807, 2.05) is 13.8 Å². The summed E-state index contributed by atoms with van der Waals surface area (Å²) in [7, 11) is -3.53. The number of amides is 2. The minimum absolute atomic E-state index is 0.0347. The summed E-state index contributed by atoms with van der Waals surface area (Å²) < 4.78 is 32.1. The molecular weight excluding hydrogens is 418 g/mol.